The Morgan fingerprint density at radius 2 is 1.95 bits per heavy atom. The smallest absolute Gasteiger partial charge is 0.237 e. The van der Waals surface area contributed by atoms with Crippen LogP contribution in [0.2, 0.25) is 0 Å². The van der Waals surface area contributed by atoms with Crippen molar-refractivity contribution in [1.29, 1.82) is 5.26 Å². The minimum absolute atomic E-state index is 0.266. The largest absolute Gasteiger partial charge is 0.417 e. The van der Waals surface area contributed by atoms with Gasteiger partial charge in [0.05, 0.1) is 38.7 Å². The van der Waals surface area contributed by atoms with Crippen LogP contribution >= 0.6 is 15.9 Å². The Morgan fingerprint density at radius 3 is 2.40 bits per heavy atom. The summed E-state index contributed by atoms with van der Waals surface area (Å²) >= 11 is 3.33. The summed E-state index contributed by atoms with van der Waals surface area (Å²) in [6.07, 6.45) is -4.57. The topological polar surface area (TPSA) is 41.6 Å². The molecule has 0 aliphatic heterocycles. The third kappa shape index (κ3) is 2.43. The minimum Gasteiger partial charge on any atom is -0.237 e. The molecule has 1 aromatic carbocycles. The lowest BCUT2D eigenvalue weighted by Crippen LogP contribution is -2.10. The summed E-state index contributed by atoms with van der Waals surface area (Å²) < 4.78 is 40.9. The van der Waals surface area contributed by atoms with E-state index < -0.39 is 17.3 Å². The Balaban J connectivity index is 2.66. The number of halogens is 4. The summed E-state index contributed by atoms with van der Waals surface area (Å²) in [6, 6.07) is 5.09. The summed E-state index contributed by atoms with van der Waals surface area (Å²) in [6.45, 7) is 3.50. The molecule has 0 amide bonds. The van der Waals surface area contributed by atoms with Gasteiger partial charge in [0.2, 0.25) is 0 Å². The third-order valence-corrected chi connectivity index (χ3v) is 4.02. The number of benzene rings is 1. The molecule has 0 bridgehead atoms. The van der Waals surface area contributed by atoms with Crippen molar-refractivity contribution in [2.24, 2.45) is 0 Å². The molecule has 2 rings (SSSR count). The monoisotopic (exact) mass is 343 g/mol. The van der Waals surface area contributed by atoms with Crippen LogP contribution in [0.4, 0.5) is 13.2 Å². The molecule has 1 heterocycles. The van der Waals surface area contributed by atoms with Crippen molar-refractivity contribution >= 4 is 15.9 Å². The molecule has 0 aliphatic carbocycles. The number of hydrogen-bond donors (Lipinski definition) is 0. The molecular weight excluding hydrogens is 335 g/mol. The summed E-state index contributed by atoms with van der Waals surface area (Å²) in [5.41, 5.74) is 0.284. The van der Waals surface area contributed by atoms with Crippen LogP contribution in [0, 0.1) is 25.2 Å². The van der Waals surface area contributed by atoms with Gasteiger partial charge in [-0.3, -0.25) is 0 Å². The van der Waals surface area contributed by atoms with Gasteiger partial charge in [-0.05, 0) is 48.0 Å². The summed E-state index contributed by atoms with van der Waals surface area (Å²) in [5.74, 6) is 0. The van der Waals surface area contributed by atoms with E-state index in [0.717, 1.165) is 16.6 Å². The fourth-order valence-corrected chi connectivity index (χ4v) is 2.12. The highest BCUT2D eigenvalue weighted by Crippen LogP contribution is 2.33. The SMILES string of the molecule is Cc1nn(-c2ccc(C#N)c(C(F)(F)F)c2)c(C)c1Br. The number of hydrogen-bond acceptors (Lipinski definition) is 2. The van der Waals surface area contributed by atoms with E-state index in [1.165, 1.54) is 10.7 Å². The van der Waals surface area contributed by atoms with E-state index in [9.17, 15) is 13.2 Å². The van der Waals surface area contributed by atoms with Crippen LogP contribution in [0.25, 0.3) is 5.69 Å². The van der Waals surface area contributed by atoms with Crippen LogP contribution in [-0.4, -0.2) is 9.78 Å². The highest BCUT2D eigenvalue weighted by atomic mass is 79.9. The fraction of sp³-hybridized carbons (Fsp3) is 0.231. The average Bonchev–Trinajstić information content (AvgIpc) is 2.65. The molecular formula is C13H9BrF3N3. The first-order valence-electron chi connectivity index (χ1n) is 5.59. The molecule has 20 heavy (non-hydrogen) atoms. The molecule has 7 heteroatoms. The minimum atomic E-state index is -4.57. The Kier molecular flexibility index (Phi) is 3.61. The van der Waals surface area contributed by atoms with Crippen LogP contribution in [0.15, 0.2) is 22.7 Å². The lowest BCUT2D eigenvalue weighted by atomic mass is 10.1. The van der Waals surface area contributed by atoms with Crippen LogP contribution < -0.4 is 0 Å². The first kappa shape index (κ1) is 14.6. The molecule has 0 radical (unpaired) electrons. The lowest BCUT2D eigenvalue weighted by Gasteiger charge is -2.11. The third-order valence-electron chi connectivity index (χ3n) is 2.88. The van der Waals surface area contributed by atoms with Crippen molar-refractivity contribution in [2.45, 2.75) is 20.0 Å². The number of nitrogens with zero attached hydrogens (tertiary/aromatic N) is 3. The average molecular weight is 344 g/mol. The molecule has 0 atom stereocenters. The van der Waals surface area contributed by atoms with Crippen molar-refractivity contribution in [3.8, 4) is 11.8 Å². The van der Waals surface area contributed by atoms with E-state index in [1.807, 2.05) is 0 Å². The predicted octanol–water partition coefficient (Wildman–Crippen LogP) is 4.14. The Hall–Kier alpha value is -1.81. The molecule has 0 spiro atoms. The van der Waals surface area contributed by atoms with Gasteiger partial charge >= 0.3 is 6.18 Å². The molecule has 0 unspecified atom stereocenters. The van der Waals surface area contributed by atoms with Crippen molar-refractivity contribution in [2.75, 3.05) is 0 Å². The highest BCUT2D eigenvalue weighted by Gasteiger charge is 2.34. The standard InChI is InChI=1S/C13H9BrF3N3/c1-7-12(14)8(2)20(19-7)10-4-3-9(6-18)11(5-10)13(15,16)17/h3-5H,1-2H3. The normalized spacial score (nSPS) is 11.4. The highest BCUT2D eigenvalue weighted by molar-refractivity contribution is 9.10. The van der Waals surface area contributed by atoms with Crippen LogP contribution in [0.3, 0.4) is 0 Å². The number of aromatic nitrogens is 2. The van der Waals surface area contributed by atoms with Gasteiger partial charge in [0.25, 0.3) is 0 Å². The summed E-state index contributed by atoms with van der Waals surface area (Å²) in [5, 5.41) is 12.9. The second-order valence-electron chi connectivity index (χ2n) is 4.24. The van der Waals surface area contributed by atoms with E-state index in [2.05, 4.69) is 21.0 Å². The van der Waals surface area contributed by atoms with Crippen LogP contribution in [-0.2, 0) is 6.18 Å². The molecule has 104 valence electrons. The van der Waals surface area contributed by atoms with Gasteiger partial charge in [-0.1, -0.05) is 0 Å². The molecule has 0 aliphatic rings. The Bertz CT molecular complexity index is 711. The molecule has 0 N–H and O–H groups in total. The maximum atomic E-state index is 12.9. The van der Waals surface area contributed by atoms with E-state index in [1.54, 1.807) is 19.9 Å². The van der Waals surface area contributed by atoms with Crippen molar-refractivity contribution in [3.63, 3.8) is 0 Å². The fourth-order valence-electron chi connectivity index (χ4n) is 1.87. The van der Waals surface area contributed by atoms with Gasteiger partial charge in [0.15, 0.2) is 0 Å². The van der Waals surface area contributed by atoms with Crippen molar-refractivity contribution < 1.29 is 13.2 Å². The van der Waals surface area contributed by atoms with E-state index in [4.69, 9.17) is 5.26 Å². The van der Waals surface area contributed by atoms with Gasteiger partial charge in [-0.2, -0.15) is 23.5 Å². The molecule has 0 saturated heterocycles. The zero-order valence-electron chi connectivity index (χ0n) is 10.6. The lowest BCUT2D eigenvalue weighted by molar-refractivity contribution is -0.137. The van der Waals surface area contributed by atoms with Crippen LogP contribution in [0.1, 0.15) is 22.5 Å². The number of rotatable bonds is 1. The van der Waals surface area contributed by atoms with Gasteiger partial charge < -0.3 is 0 Å². The summed E-state index contributed by atoms with van der Waals surface area (Å²) in [7, 11) is 0. The van der Waals surface area contributed by atoms with Crippen molar-refractivity contribution in [3.05, 3.63) is 45.2 Å². The Morgan fingerprint density at radius 1 is 1.30 bits per heavy atom. The molecule has 1 aromatic heterocycles. The number of aryl methyl sites for hydroxylation is 1. The molecule has 0 fully saturated rings. The maximum absolute atomic E-state index is 12.9. The van der Waals surface area contributed by atoms with Gasteiger partial charge in [0, 0.05) is 0 Å². The number of nitriles is 1. The maximum Gasteiger partial charge on any atom is 0.417 e. The van der Waals surface area contributed by atoms with Gasteiger partial charge in [0.1, 0.15) is 0 Å². The zero-order chi connectivity index (χ0) is 15.1. The van der Waals surface area contributed by atoms with E-state index in [0.29, 0.717) is 11.4 Å². The quantitative estimate of drug-likeness (QED) is 0.780. The molecule has 0 saturated carbocycles. The first-order chi connectivity index (χ1) is 9.25. The number of alkyl halides is 3. The Labute approximate surface area is 121 Å². The summed E-state index contributed by atoms with van der Waals surface area (Å²) in [4.78, 5) is 0. The van der Waals surface area contributed by atoms with Gasteiger partial charge in [-0.25, -0.2) is 4.68 Å². The molecule has 3 nitrogen and oxygen atoms in total. The van der Waals surface area contributed by atoms with Gasteiger partial charge in [-0.15, -0.1) is 0 Å². The van der Waals surface area contributed by atoms with E-state index >= 15 is 0 Å². The van der Waals surface area contributed by atoms with Crippen molar-refractivity contribution in [1.82, 2.24) is 9.78 Å². The predicted molar refractivity (Wildman–Crippen MR) is 70.5 cm³/mol. The molecule has 2 aromatic rings. The second-order valence-corrected chi connectivity index (χ2v) is 5.03. The first-order valence-corrected chi connectivity index (χ1v) is 6.38. The second kappa shape index (κ2) is 4.94. The van der Waals surface area contributed by atoms with Crippen LogP contribution in [0.5, 0.6) is 0 Å². The zero-order valence-corrected chi connectivity index (χ0v) is 12.2. The van der Waals surface area contributed by atoms with E-state index in [-0.39, 0.29) is 5.69 Å².